The lowest BCUT2D eigenvalue weighted by molar-refractivity contribution is 0.351. The van der Waals surface area contributed by atoms with Crippen molar-refractivity contribution in [2.75, 3.05) is 6.61 Å². The van der Waals surface area contributed by atoms with Crippen molar-refractivity contribution in [2.24, 2.45) is 0 Å². The lowest BCUT2D eigenvalue weighted by atomic mass is 10.8. The lowest BCUT2D eigenvalue weighted by Gasteiger charge is -1.55. The maximum Gasteiger partial charge on any atom is 0.103 e. The predicted octanol–water partition coefficient (Wildman–Crippen LogP) is 0.142. The molecule has 0 aromatic heterocycles. The molecule has 0 saturated heterocycles. The summed E-state index contributed by atoms with van der Waals surface area (Å²) in [6.07, 6.45) is 4.53. The minimum atomic E-state index is -0.153. The van der Waals surface area contributed by atoms with Crippen molar-refractivity contribution in [2.45, 2.75) is 6.92 Å². The monoisotopic (exact) mass is 97.1 g/mol. The summed E-state index contributed by atoms with van der Waals surface area (Å²) < 4.78 is 0. The first kappa shape index (κ1) is 9.38. The van der Waals surface area contributed by atoms with Gasteiger partial charge < -0.3 is 5.11 Å². The second-order valence-electron chi connectivity index (χ2n) is 0.586. The van der Waals surface area contributed by atoms with Crippen molar-refractivity contribution >= 4 is 0 Å². The SMILES string of the molecule is C#CCO.CC#N. The molecule has 7 heavy (non-hydrogen) atoms. The van der Waals surface area contributed by atoms with Crippen LogP contribution in [0.5, 0.6) is 0 Å². The summed E-state index contributed by atoms with van der Waals surface area (Å²) in [6, 6.07) is 1.75. The van der Waals surface area contributed by atoms with E-state index in [0.29, 0.717) is 0 Å². The molecule has 0 fully saturated rings. The quantitative estimate of drug-likeness (QED) is 0.437. The molecule has 1 N–H and O–H groups in total. The lowest BCUT2D eigenvalue weighted by Crippen LogP contribution is -1.64. The number of terminal acetylenes is 1. The Balaban J connectivity index is 0. The van der Waals surface area contributed by atoms with Crippen LogP contribution in [0.2, 0.25) is 0 Å². The van der Waals surface area contributed by atoms with E-state index in [1.165, 1.54) is 6.92 Å². The summed E-state index contributed by atoms with van der Waals surface area (Å²) in [5, 5.41) is 15.0. The van der Waals surface area contributed by atoms with E-state index in [4.69, 9.17) is 10.4 Å². The second kappa shape index (κ2) is 19.9. The van der Waals surface area contributed by atoms with Crippen LogP contribution < -0.4 is 0 Å². The van der Waals surface area contributed by atoms with E-state index in [-0.39, 0.29) is 6.61 Å². The average Bonchev–Trinajstić information content (AvgIpc) is 1.69. The zero-order chi connectivity index (χ0) is 6.12. The third kappa shape index (κ3) is 454000. The average molecular weight is 97.1 g/mol. The summed E-state index contributed by atoms with van der Waals surface area (Å²) in [5.41, 5.74) is 0. The molecule has 0 amide bonds. The number of nitriles is 1. The van der Waals surface area contributed by atoms with Gasteiger partial charge in [0.05, 0.1) is 6.07 Å². The van der Waals surface area contributed by atoms with E-state index in [1.807, 2.05) is 5.92 Å². The number of aliphatic hydroxyl groups is 1. The van der Waals surface area contributed by atoms with Gasteiger partial charge in [-0.1, -0.05) is 5.92 Å². The van der Waals surface area contributed by atoms with E-state index >= 15 is 0 Å². The molecular formula is C5H7NO. The van der Waals surface area contributed by atoms with Gasteiger partial charge in [0.25, 0.3) is 0 Å². The Kier molecular flexibility index (Phi) is 26.7. The third-order valence-corrected chi connectivity index (χ3v) is 0.0913. The number of rotatable bonds is 0. The van der Waals surface area contributed by atoms with E-state index in [1.54, 1.807) is 6.07 Å². The van der Waals surface area contributed by atoms with Crippen molar-refractivity contribution < 1.29 is 5.11 Å². The fourth-order valence-corrected chi connectivity index (χ4v) is 0. The molecule has 0 saturated carbocycles. The van der Waals surface area contributed by atoms with Gasteiger partial charge in [-0.25, -0.2) is 0 Å². The van der Waals surface area contributed by atoms with E-state index in [2.05, 4.69) is 6.42 Å². The Morgan fingerprint density at radius 2 is 2.00 bits per heavy atom. The first-order chi connectivity index (χ1) is 3.33. The Hall–Kier alpha value is -0.990. The van der Waals surface area contributed by atoms with Crippen LogP contribution in [-0.4, -0.2) is 11.7 Å². The van der Waals surface area contributed by atoms with Crippen LogP contribution in [0.4, 0.5) is 0 Å². The predicted molar refractivity (Wildman–Crippen MR) is 27.2 cm³/mol. The van der Waals surface area contributed by atoms with Crippen LogP contribution in [0.1, 0.15) is 6.92 Å². The molecule has 0 aliphatic carbocycles. The van der Waals surface area contributed by atoms with Crippen LogP contribution in [0, 0.1) is 23.7 Å². The maximum atomic E-state index is 7.64. The third-order valence-electron chi connectivity index (χ3n) is 0.0913. The van der Waals surface area contributed by atoms with Gasteiger partial charge in [0.2, 0.25) is 0 Å². The van der Waals surface area contributed by atoms with E-state index < -0.39 is 0 Å². The first-order valence-corrected chi connectivity index (χ1v) is 1.68. The molecule has 0 bridgehead atoms. The fourth-order valence-electron chi connectivity index (χ4n) is 0. The minimum Gasteiger partial charge on any atom is -0.384 e. The standard InChI is InChI=1S/C3H4O.C2H3N/c1-2-3-4;1-2-3/h1,4H,3H2;1H3. The highest BCUT2D eigenvalue weighted by molar-refractivity contribution is 4.81. The van der Waals surface area contributed by atoms with Crippen molar-refractivity contribution in [3.8, 4) is 18.4 Å². The van der Waals surface area contributed by atoms with Crippen LogP contribution in [-0.2, 0) is 0 Å². The van der Waals surface area contributed by atoms with Gasteiger partial charge in [0.1, 0.15) is 6.61 Å². The summed E-state index contributed by atoms with van der Waals surface area (Å²) >= 11 is 0. The van der Waals surface area contributed by atoms with Gasteiger partial charge >= 0.3 is 0 Å². The molecule has 0 rings (SSSR count). The van der Waals surface area contributed by atoms with Gasteiger partial charge in [0.15, 0.2) is 0 Å². The molecule has 0 aliphatic rings. The number of aliphatic hydroxyl groups excluding tert-OH is 1. The highest BCUT2D eigenvalue weighted by Crippen LogP contribution is 1.34. The highest BCUT2D eigenvalue weighted by atomic mass is 16.2. The molecule has 0 unspecified atom stereocenters. The zero-order valence-corrected chi connectivity index (χ0v) is 4.18. The van der Waals surface area contributed by atoms with Gasteiger partial charge in [0, 0.05) is 6.92 Å². The topological polar surface area (TPSA) is 44.0 Å². The molecule has 0 aromatic carbocycles. The molecular weight excluding hydrogens is 90.1 g/mol. The number of nitrogens with zero attached hydrogens (tertiary/aromatic N) is 1. The van der Waals surface area contributed by atoms with Gasteiger partial charge in [-0.3, -0.25) is 0 Å². The normalized spacial score (nSPS) is 4.00. The summed E-state index contributed by atoms with van der Waals surface area (Å²) in [4.78, 5) is 0. The molecule has 0 aliphatic heterocycles. The Morgan fingerprint density at radius 3 is 2.00 bits per heavy atom. The summed E-state index contributed by atoms with van der Waals surface area (Å²) in [7, 11) is 0. The summed E-state index contributed by atoms with van der Waals surface area (Å²) in [6.45, 7) is 1.28. The molecule has 0 atom stereocenters. The van der Waals surface area contributed by atoms with Crippen LogP contribution in [0.15, 0.2) is 0 Å². The van der Waals surface area contributed by atoms with Crippen LogP contribution in [0.25, 0.3) is 0 Å². The molecule has 2 nitrogen and oxygen atoms in total. The maximum absolute atomic E-state index is 7.64. The second-order valence-corrected chi connectivity index (χ2v) is 0.586. The molecule has 2 heteroatoms. The largest absolute Gasteiger partial charge is 0.384 e. The summed E-state index contributed by atoms with van der Waals surface area (Å²) in [5.74, 6) is 1.99. The fraction of sp³-hybridized carbons (Fsp3) is 0.400. The minimum absolute atomic E-state index is 0.153. The van der Waals surface area contributed by atoms with E-state index in [9.17, 15) is 0 Å². The Bertz CT molecular complexity index is 85.2. The molecule has 0 aromatic rings. The number of hydrogen-bond donors (Lipinski definition) is 1. The first-order valence-electron chi connectivity index (χ1n) is 1.68. The van der Waals surface area contributed by atoms with Crippen molar-refractivity contribution in [1.29, 1.82) is 5.26 Å². The van der Waals surface area contributed by atoms with Gasteiger partial charge in [-0.15, -0.1) is 6.42 Å². The highest BCUT2D eigenvalue weighted by Gasteiger charge is 1.43. The molecule has 0 radical (unpaired) electrons. The number of hydrogen-bond acceptors (Lipinski definition) is 2. The smallest absolute Gasteiger partial charge is 0.103 e. The molecule has 38 valence electrons. The molecule has 0 spiro atoms. The van der Waals surface area contributed by atoms with Gasteiger partial charge in [-0.05, 0) is 0 Å². The van der Waals surface area contributed by atoms with E-state index in [0.717, 1.165) is 0 Å². The van der Waals surface area contributed by atoms with Crippen LogP contribution in [0.3, 0.4) is 0 Å². The van der Waals surface area contributed by atoms with Crippen molar-refractivity contribution in [3.63, 3.8) is 0 Å². The molecule has 0 heterocycles. The van der Waals surface area contributed by atoms with Gasteiger partial charge in [-0.2, -0.15) is 5.26 Å². The van der Waals surface area contributed by atoms with Crippen LogP contribution >= 0.6 is 0 Å². The zero-order valence-electron chi connectivity index (χ0n) is 4.18. The Labute approximate surface area is 43.4 Å². The van der Waals surface area contributed by atoms with Crippen molar-refractivity contribution in [1.82, 2.24) is 0 Å². The Morgan fingerprint density at radius 1 is 1.86 bits per heavy atom. The van der Waals surface area contributed by atoms with Crippen molar-refractivity contribution in [3.05, 3.63) is 0 Å².